The van der Waals surface area contributed by atoms with Gasteiger partial charge in [-0.05, 0) is 25.7 Å². The molecule has 1 heteroatoms. The highest BCUT2D eigenvalue weighted by Crippen LogP contribution is 2.25. The van der Waals surface area contributed by atoms with Crippen LogP contribution in [-0.4, -0.2) is 11.7 Å². The second-order valence-electron chi connectivity index (χ2n) is 13.7. The monoisotopic (exact) mass is 578 g/mol. The molecule has 1 N–H and O–H groups in total. The van der Waals surface area contributed by atoms with Crippen LogP contribution in [0.5, 0.6) is 0 Å². The zero-order chi connectivity index (χ0) is 29.7. The van der Waals surface area contributed by atoms with E-state index in [1.54, 1.807) is 5.92 Å². The van der Waals surface area contributed by atoms with Crippen LogP contribution in [-0.2, 0) is 0 Å². The highest BCUT2D eigenvalue weighted by molar-refractivity contribution is 4.89. The summed E-state index contributed by atoms with van der Waals surface area (Å²) in [6.45, 7) is 4.97. The van der Waals surface area contributed by atoms with E-state index in [0.717, 1.165) is 6.42 Å². The van der Waals surface area contributed by atoms with Crippen LogP contribution in [0.3, 0.4) is 0 Å². The number of rotatable bonds is 37. The Kier molecular flexibility index (Phi) is 37.7. The summed E-state index contributed by atoms with van der Waals surface area (Å²) >= 11 is 0. The van der Waals surface area contributed by atoms with Gasteiger partial charge in [0.15, 0.2) is 0 Å². The lowest BCUT2D eigenvalue weighted by Crippen LogP contribution is -2.00. The van der Waals surface area contributed by atoms with Crippen molar-refractivity contribution in [2.45, 2.75) is 245 Å². The molecule has 0 radical (unpaired) electrons. The predicted molar refractivity (Wildman–Crippen MR) is 188 cm³/mol. The van der Waals surface area contributed by atoms with Crippen LogP contribution < -0.4 is 0 Å². The van der Waals surface area contributed by atoms with Crippen molar-refractivity contribution in [2.75, 3.05) is 6.61 Å². The maximum atomic E-state index is 9.33. The molecule has 0 bridgehead atoms. The first-order valence-corrected chi connectivity index (χ1v) is 19.8. The molecule has 0 aliphatic heterocycles. The third kappa shape index (κ3) is 35.9. The fraction of sp³-hybridized carbons (Fsp3) is 0.975. The minimum absolute atomic E-state index is 0.363. The van der Waals surface area contributed by atoms with Crippen molar-refractivity contribution in [3.8, 4) is 0 Å². The average Bonchev–Trinajstić information content (AvgIpc) is 2.98. The zero-order valence-corrected chi connectivity index (χ0v) is 29.1. The highest BCUT2D eigenvalue weighted by atomic mass is 16.2. The topological polar surface area (TPSA) is 20.2 Å². The van der Waals surface area contributed by atoms with Gasteiger partial charge in [0.05, 0.1) is 25.2 Å². The third-order valence-corrected chi connectivity index (χ3v) is 9.46. The van der Waals surface area contributed by atoms with Gasteiger partial charge in [-0.1, -0.05) is 194 Å². The van der Waals surface area contributed by atoms with Gasteiger partial charge in [0.25, 0.3) is 0 Å². The predicted octanol–water partition coefficient (Wildman–Crippen LogP) is 14.6. The Hall–Kier alpha value is -0.170. The summed E-state index contributed by atoms with van der Waals surface area (Å²) < 4.78 is 0. The molecule has 246 valence electrons. The Morgan fingerprint density at radius 3 is 0.683 bits per heavy atom. The molecule has 0 atom stereocenters. The highest BCUT2D eigenvalue weighted by Gasteiger charge is 2.18. The Labute approximate surface area is 262 Å². The molecule has 0 saturated carbocycles. The smallest absolute Gasteiger partial charge is 0.0922 e. The molecule has 0 amide bonds. The molecule has 0 saturated heterocycles. The van der Waals surface area contributed by atoms with Crippen molar-refractivity contribution in [3.63, 3.8) is 0 Å². The van der Waals surface area contributed by atoms with Crippen molar-refractivity contribution in [1.29, 1.82) is 0 Å². The van der Waals surface area contributed by atoms with E-state index in [9.17, 15) is 5.11 Å². The molecule has 41 heavy (non-hydrogen) atoms. The second kappa shape index (κ2) is 37.9. The molecular formula is C40H81O+. The molecule has 0 spiro atoms. The molecule has 1 nitrogen and oxygen atoms in total. The van der Waals surface area contributed by atoms with E-state index in [4.69, 9.17) is 0 Å². The molecule has 0 rings (SSSR count). The second-order valence-corrected chi connectivity index (χ2v) is 13.7. The van der Waals surface area contributed by atoms with Gasteiger partial charge in [-0.25, -0.2) is 0 Å². The summed E-state index contributed by atoms with van der Waals surface area (Å²) in [5.41, 5.74) is 0. The summed E-state index contributed by atoms with van der Waals surface area (Å²) in [4.78, 5) is 0. The summed E-state index contributed by atoms with van der Waals surface area (Å²) in [5, 5.41) is 9.33. The zero-order valence-electron chi connectivity index (χ0n) is 29.1. The number of unbranched alkanes of at least 4 members (excludes halogenated alkanes) is 30. The lowest BCUT2D eigenvalue weighted by Gasteiger charge is -2.08. The van der Waals surface area contributed by atoms with E-state index in [-0.39, 0.29) is 0 Å². The first-order valence-electron chi connectivity index (χ1n) is 19.8. The molecule has 0 aliphatic carbocycles. The van der Waals surface area contributed by atoms with Crippen molar-refractivity contribution >= 4 is 0 Å². The fourth-order valence-electron chi connectivity index (χ4n) is 6.55. The van der Waals surface area contributed by atoms with E-state index in [1.807, 2.05) is 0 Å². The summed E-state index contributed by atoms with van der Waals surface area (Å²) in [5.74, 6) is 1.76. The van der Waals surface area contributed by atoms with Crippen LogP contribution in [0.15, 0.2) is 0 Å². The quantitative estimate of drug-likeness (QED) is 0.0575. The molecule has 0 aromatic heterocycles. The Morgan fingerprint density at radius 1 is 0.268 bits per heavy atom. The standard InChI is InChI=1S/C40H81O/c1-3-5-7-9-11-13-15-17-19-21-23-25-27-29-31-33-36-40(38-35-39-41)37-34-32-30-28-26-24-22-20-18-16-14-12-10-8-6-4-2/h41H,3-39H2,1-2H3/q+1. The number of hydrogen-bond donors (Lipinski definition) is 1. The third-order valence-electron chi connectivity index (χ3n) is 9.46. The largest absolute Gasteiger partial charge is 0.396 e. The summed E-state index contributed by atoms with van der Waals surface area (Å²) in [6, 6.07) is 0. The van der Waals surface area contributed by atoms with Crippen LogP contribution in [0.25, 0.3) is 0 Å². The van der Waals surface area contributed by atoms with Gasteiger partial charge < -0.3 is 5.11 Å². The summed E-state index contributed by atoms with van der Waals surface area (Å²) in [6.07, 6.45) is 51.1. The van der Waals surface area contributed by atoms with Gasteiger partial charge in [-0.15, -0.1) is 0 Å². The van der Waals surface area contributed by atoms with Crippen molar-refractivity contribution in [2.24, 2.45) is 0 Å². The van der Waals surface area contributed by atoms with Crippen molar-refractivity contribution in [1.82, 2.24) is 0 Å². The van der Waals surface area contributed by atoms with E-state index in [0.29, 0.717) is 6.61 Å². The normalized spacial score (nSPS) is 11.5. The van der Waals surface area contributed by atoms with Gasteiger partial charge in [-0.2, -0.15) is 0 Å². The minimum atomic E-state index is 0.363. The van der Waals surface area contributed by atoms with Gasteiger partial charge in [0.2, 0.25) is 0 Å². The lowest BCUT2D eigenvalue weighted by atomic mass is 9.90. The fourth-order valence-corrected chi connectivity index (χ4v) is 6.55. The molecule has 0 heterocycles. The van der Waals surface area contributed by atoms with E-state index in [2.05, 4.69) is 13.8 Å². The maximum absolute atomic E-state index is 9.33. The maximum Gasteiger partial charge on any atom is 0.0922 e. The van der Waals surface area contributed by atoms with E-state index < -0.39 is 0 Å². The number of aliphatic hydroxyl groups is 1. The SMILES string of the molecule is CCCCCCCCCCCCCCCCCC[C+](CCCO)CCCCCCCCCCCCCCCCCC. The van der Waals surface area contributed by atoms with Crippen molar-refractivity contribution < 1.29 is 5.11 Å². The number of aliphatic hydroxyl groups excluding tert-OH is 1. The van der Waals surface area contributed by atoms with Crippen LogP contribution in [0.1, 0.15) is 245 Å². The minimum Gasteiger partial charge on any atom is -0.396 e. The molecule has 0 fully saturated rings. The molecular weight excluding hydrogens is 496 g/mol. The Balaban J connectivity index is 3.44. The molecule has 0 aliphatic rings. The molecule has 0 aromatic rings. The Morgan fingerprint density at radius 2 is 0.463 bits per heavy atom. The Bertz CT molecular complexity index is 397. The molecule has 0 unspecified atom stereocenters. The van der Waals surface area contributed by atoms with Gasteiger partial charge in [0.1, 0.15) is 0 Å². The summed E-state index contributed by atoms with van der Waals surface area (Å²) in [7, 11) is 0. The first kappa shape index (κ1) is 40.8. The van der Waals surface area contributed by atoms with Gasteiger partial charge in [-0.3, -0.25) is 0 Å². The van der Waals surface area contributed by atoms with E-state index >= 15 is 0 Å². The molecule has 0 aromatic carbocycles. The van der Waals surface area contributed by atoms with Crippen molar-refractivity contribution in [3.05, 3.63) is 5.92 Å². The van der Waals surface area contributed by atoms with Crippen LogP contribution in [0, 0.1) is 5.92 Å². The average molecular weight is 578 g/mol. The van der Waals surface area contributed by atoms with E-state index in [1.165, 1.54) is 225 Å². The van der Waals surface area contributed by atoms with Crippen LogP contribution >= 0.6 is 0 Å². The number of hydrogen-bond acceptors (Lipinski definition) is 1. The van der Waals surface area contributed by atoms with Crippen LogP contribution in [0.4, 0.5) is 0 Å². The lowest BCUT2D eigenvalue weighted by molar-refractivity contribution is 0.283. The van der Waals surface area contributed by atoms with Crippen LogP contribution in [0.2, 0.25) is 0 Å². The van der Waals surface area contributed by atoms with Gasteiger partial charge in [0, 0.05) is 13.0 Å². The van der Waals surface area contributed by atoms with Gasteiger partial charge >= 0.3 is 0 Å². The first-order chi connectivity index (χ1) is 20.3.